The molecule has 4 heterocycles. The number of urea groups is 1. The molecule has 20 heteroatoms. The van der Waals surface area contributed by atoms with Crippen LogP contribution in [0.3, 0.4) is 0 Å². The molecule has 0 spiro atoms. The van der Waals surface area contributed by atoms with Gasteiger partial charge in [-0.25, -0.2) is 32.3 Å². The number of aliphatic carboxylic acids is 1. The number of ether oxygens (including phenoxy) is 2. The second-order valence-electron chi connectivity index (χ2n) is 18.6. The molecule has 1 unspecified atom stereocenters. The Morgan fingerprint density at radius 2 is 1.81 bits per heavy atom. The summed E-state index contributed by atoms with van der Waals surface area (Å²) in [6.07, 6.45) is 4.52. The highest BCUT2D eigenvalue weighted by atomic mass is 32.2. The summed E-state index contributed by atoms with van der Waals surface area (Å²) >= 11 is 1.45. The summed E-state index contributed by atoms with van der Waals surface area (Å²) in [7, 11) is 0.358. The van der Waals surface area contributed by atoms with E-state index in [1.165, 1.54) is 20.5 Å². The van der Waals surface area contributed by atoms with E-state index in [1.54, 1.807) is 32.4 Å². The van der Waals surface area contributed by atoms with Gasteiger partial charge in [-0.05, 0) is 63.6 Å². The Bertz CT molecular complexity index is 2220. The molecule has 0 bridgehead atoms. The number of aromatic nitrogens is 2. The van der Waals surface area contributed by atoms with Gasteiger partial charge in [0.2, 0.25) is 22.7 Å². The molecule has 0 radical (unpaired) electrons. The molecule has 2 aliphatic heterocycles. The molecule has 2 saturated heterocycles. The average Bonchev–Trinajstić information content (AvgIpc) is 3.50. The number of rotatable bonds is 15. The molecular weight excluding hydrogens is 863 g/mol. The second-order valence-corrected chi connectivity index (χ2v) is 20.5. The number of hydrogen-bond donors (Lipinski definition) is 7. The number of hydrogen-bond acceptors (Lipinski definition) is 13. The van der Waals surface area contributed by atoms with Gasteiger partial charge in [0.15, 0.2) is 5.13 Å². The van der Waals surface area contributed by atoms with Gasteiger partial charge >= 0.3 is 12.0 Å². The fraction of sp³-hybridized carbons (Fsp3) is 0.636. The molecule has 3 aliphatic rings. The van der Waals surface area contributed by atoms with Crippen molar-refractivity contribution in [2.75, 3.05) is 45.7 Å². The summed E-state index contributed by atoms with van der Waals surface area (Å²) in [6, 6.07) is 3.94. The number of thiazole rings is 1. The maximum atomic E-state index is 14.9. The van der Waals surface area contributed by atoms with Gasteiger partial charge in [0, 0.05) is 61.0 Å². The maximum Gasteiger partial charge on any atom is 0.329 e. The maximum absolute atomic E-state index is 14.9. The van der Waals surface area contributed by atoms with Crippen LogP contribution in [0, 0.1) is 11.3 Å². The first-order valence-corrected chi connectivity index (χ1v) is 24.3. The Balaban J connectivity index is 1.32. The van der Waals surface area contributed by atoms with Gasteiger partial charge in [-0.15, -0.1) is 11.3 Å². The van der Waals surface area contributed by atoms with E-state index in [0.29, 0.717) is 59.6 Å². The third kappa shape index (κ3) is 11.9. The van der Waals surface area contributed by atoms with Crippen molar-refractivity contribution in [3.05, 3.63) is 29.6 Å². The van der Waals surface area contributed by atoms with Gasteiger partial charge in [-0.1, -0.05) is 52.9 Å². The number of pyridine rings is 1. The lowest BCUT2D eigenvalue weighted by molar-refractivity contribution is -0.145. The number of carbonyl (C=O) groups excluding carboxylic acids is 3. The van der Waals surface area contributed by atoms with Crippen molar-refractivity contribution in [2.45, 2.75) is 128 Å². The van der Waals surface area contributed by atoms with Gasteiger partial charge < -0.3 is 46.1 Å². The first-order chi connectivity index (χ1) is 30.4. The third-order valence-corrected chi connectivity index (χ3v) is 14.0. The van der Waals surface area contributed by atoms with E-state index in [2.05, 4.69) is 26.6 Å². The van der Waals surface area contributed by atoms with E-state index in [-0.39, 0.29) is 44.4 Å². The Hall–Kier alpha value is -4.79. The van der Waals surface area contributed by atoms with Crippen LogP contribution < -0.4 is 36.1 Å². The van der Waals surface area contributed by atoms with Gasteiger partial charge in [0.1, 0.15) is 40.9 Å². The molecule has 6 atom stereocenters. The quantitative estimate of drug-likeness (QED) is 0.105. The largest absolute Gasteiger partial charge is 0.497 e. The Morgan fingerprint density at radius 1 is 1.08 bits per heavy atom. The van der Waals surface area contributed by atoms with Crippen LogP contribution in [0.4, 0.5) is 9.93 Å². The van der Waals surface area contributed by atoms with E-state index in [1.807, 2.05) is 46.1 Å². The molecular formula is C44H65N9O9S2. The predicted octanol–water partition coefficient (Wildman–Crippen LogP) is 4.37. The van der Waals surface area contributed by atoms with Crippen LogP contribution in [-0.4, -0.2) is 133 Å². The number of nitrogens with zero attached hydrogens (tertiary/aromatic N) is 4. The van der Waals surface area contributed by atoms with Crippen LogP contribution >= 0.6 is 11.3 Å². The number of anilines is 1. The first kappa shape index (κ1) is 48.7. The number of carbonyl (C=O) groups is 4. The van der Waals surface area contributed by atoms with Crippen LogP contribution in [0.2, 0.25) is 0 Å². The second kappa shape index (κ2) is 21.0. The molecule has 6 N–H and O–H groups in total. The molecule has 3 aromatic rings. The van der Waals surface area contributed by atoms with Crippen molar-refractivity contribution in [3.63, 3.8) is 0 Å². The number of benzene rings is 1. The van der Waals surface area contributed by atoms with E-state index >= 15 is 0 Å². The average molecular weight is 928 g/mol. The molecule has 1 saturated carbocycles. The fourth-order valence-corrected chi connectivity index (χ4v) is 9.96. The number of nitrogens with one attached hydrogen (secondary N) is 5. The number of thiol groups is 1. The molecule has 1 aliphatic carbocycles. The summed E-state index contributed by atoms with van der Waals surface area (Å²) in [5, 5.41) is 28.7. The number of carboxylic acids is 1. The standard InChI is InChI=1S/C44H65N9O9S2/c1-26(2)46-42-49-34(25-63-42)33-21-36(30-16-15-28(61-7)19-32(30)47-33)62-29-20-35-38(54)51-44(40(56)57)22-27(44)13-11-9-8-10-12-14-31(39(55)53(35)23-29)48-41(58)50-37(43(3,4)5)24-52(64(59)60)18-17-45-6/h15-16,19,21,25-27,29,31,35,37,45,64H,8-14,17-18,20,22-24H2,1-7H3,(H,46,49)(H,51,54)(H,56,57)(H2,48,50,58)/t27?,29-,31+,35+,37-,44-/m1/s1. The minimum Gasteiger partial charge on any atom is -0.497 e. The van der Waals surface area contributed by atoms with Gasteiger partial charge in [-0.3, -0.25) is 9.59 Å². The molecule has 1 aromatic carbocycles. The zero-order valence-corrected chi connectivity index (χ0v) is 39.6. The molecule has 18 nitrogen and oxygen atoms in total. The van der Waals surface area contributed by atoms with Crippen molar-refractivity contribution in [1.29, 1.82) is 0 Å². The number of amides is 4. The van der Waals surface area contributed by atoms with Crippen LogP contribution in [0.5, 0.6) is 11.5 Å². The summed E-state index contributed by atoms with van der Waals surface area (Å²) in [5.41, 5.74) is -0.233. The van der Waals surface area contributed by atoms with Crippen LogP contribution in [0.1, 0.15) is 92.4 Å². The lowest BCUT2D eigenvalue weighted by atomic mass is 9.86. The Morgan fingerprint density at radius 3 is 2.48 bits per heavy atom. The van der Waals surface area contributed by atoms with Crippen LogP contribution in [0.25, 0.3) is 22.3 Å². The van der Waals surface area contributed by atoms with Crippen molar-refractivity contribution in [2.24, 2.45) is 11.3 Å². The van der Waals surface area contributed by atoms with Crippen LogP contribution in [0.15, 0.2) is 29.6 Å². The lowest BCUT2D eigenvalue weighted by Gasteiger charge is -2.35. The number of likely N-dealkylation sites (N-methyl/N-ethyl adjacent to an activating group) is 1. The number of carboxylic acid groups (broad SMARTS) is 1. The molecule has 4 amide bonds. The van der Waals surface area contributed by atoms with E-state index in [9.17, 15) is 32.7 Å². The zero-order chi connectivity index (χ0) is 46.3. The van der Waals surface area contributed by atoms with Gasteiger partial charge in [-0.2, -0.15) is 0 Å². The molecule has 2 aromatic heterocycles. The monoisotopic (exact) mass is 927 g/mol. The highest BCUT2D eigenvalue weighted by Crippen LogP contribution is 2.48. The Kier molecular flexibility index (Phi) is 16.0. The van der Waals surface area contributed by atoms with Gasteiger partial charge in [0.05, 0.1) is 24.9 Å². The SMILES string of the molecule is CNCCN(C[C@@H](NC(=O)N[C@H]1CCCCCCCC2C[C@@]2(C(=O)O)NC(=O)[C@@H]2C[C@@H](Oc3cc(-c4csc(NC(C)C)n4)nc4cc(OC)ccc34)CN2C1=O)C(C)(C)C)[SH](=O)=O. The highest BCUT2D eigenvalue weighted by Gasteiger charge is 2.62. The molecule has 3 fully saturated rings. The van der Waals surface area contributed by atoms with E-state index in [0.717, 1.165) is 30.8 Å². The van der Waals surface area contributed by atoms with E-state index in [4.69, 9.17) is 19.4 Å². The summed E-state index contributed by atoms with van der Waals surface area (Å²) in [5.74, 6) is -1.39. The first-order valence-electron chi connectivity index (χ1n) is 22.3. The normalized spacial score (nSPS) is 23.8. The van der Waals surface area contributed by atoms with Crippen molar-refractivity contribution >= 4 is 62.1 Å². The fourth-order valence-electron chi connectivity index (χ4n) is 8.55. The number of fused-ring (bicyclic) bond motifs is 3. The van der Waals surface area contributed by atoms with Crippen LogP contribution in [-0.2, 0) is 25.3 Å². The molecule has 64 heavy (non-hydrogen) atoms. The smallest absolute Gasteiger partial charge is 0.329 e. The Labute approximate surface area is 381 Å². The summed E-state index contributed by atoms with van der Waals surface area (Å²) in [4.78, 5) is 67.1. The lowest BCUT2D eigenvalue weighted by Crippen LogP contribution is -2.59. The minimum atomic E-state index is -2.94. The predicted molar refractivity (Wildman–Crippen MR) is 246 cm³/mol. The van der Waals surface area contributed by atoms with Crippen molar-refractivity contribution in [3.8, 4) is 22.9 Å². The van der Waals surface area contributed by atoms with E-state index < -0.39 is 69.9 Å². The molecule has 352 valence electrons. The van der Waals surface area contributed by atoms with Crippen molar-refractivity contribution in [1.82, 2.24) is 40.4 Å². The number of methoxy groups -OCH3 is 1. The minimum absolute atomic E-state index is 0.0201. The van der Waals surface area contributed by atoms with Crippen molar-refractivity contribution < 1.29 is 42.2 Å². The summed E-state index contributed by atoms with van der Waals surface area (Å²) < 4.78 is 37.9. The molecule has 6 rings (SSSR count). The topological polar surface area (TPSA) is 234 Å². The summed E-state index contributed by atoms with van der Waals surface area (Å²) in [6.45, 7) is 10.4. The third-order valence-electron chi connectivity index (χ3n) is 12.4. The van der Waals surface area contributed by atoms with Gasteiger partial charge in [0.25, 0.3) is 0 Å². The highest BCUT2D eigenvalue weighted by molar-refractivity contribution is 7.69. The zero-order valence-electron chi connectivity index (χ0n) is 37.9.